The minimum absolute atomic E-state index is 0.0583. The van der Waals surface area contributed by atoms with Crippen molar-refractivity contribution >= 4 is 23.6 Å². The molecule has 2 unspecified atom stereocenters. The molecule has 4 N–H and O–H groups in total. The van der Waals surface area contributed by atoms with Crippen LogP contribution in [0.3, 0.4) is 0 Å². The van der Waals surface area contributed by atoms with Crippen molar-refractivity contribution in [2.45, 2.75) is 44.9 Å². The number of likely N-dealkylation sites (N-methyl/N-ethyl adjacent to an activating group) is 1. The second-order valence-corrected chi connectivity index (χ2v) is 10.2. The highest BCUT2D eigenvalue weighted by Crippen LogP contribution is 2.27. The van der Waals surface area contributed by atoms with Gasteiger partial charge in [-0.1, -0.05) is 24.3 Å². The highest BCUT2D eigenvalue weighted by molar-refractivity contribution is 5.99. The van der Waals surface area contributed by atoms with Gasteiger partial charge in [-0.15, -0.1) is 0 Å². The predicted octanol–water partition coefficient (Wildman–Crippen LogP) is 4.38. The number of carbonyl (C=O) groups is 3. The Morgan fingerprint density at radius 3 is 2.15 bits per heavy atom. The summed E-state index contributed by atoms with van der Waals surface area (Å²) < 4.78 is 10.5. The van der Waals surface area contributed by atoms with E-state index in [1.807, 2.05) is 0 Å². The Morgan fingerprint density at radius 2 is 1.57 bits per heavy atom. The van der Waals surface area contributed by atoms with E-state index >= 15 is 0 Å². The average molecular weight is 550 g/mol. The van der Waals surface area contributed by atoms with Crippen LogP contribution in [0.2, 0.25) is 0 Å². The fourth-order valence-corrected chi connectivity index (χ4v) is 4.02. The molecule has 2 atom stereocenters. The largest absolute Gasteiger partial charge is 0.508 e. The molecule has 0 spiro atoms. The van der Waals surface area contributed by atoms with Gasteiger partial charge in [-0.2, -0.15) is 0 Å². The number of nitrogens with zero attached hydrogens (tertiary/aromatic N) is 1. The maximum absolute atomic E-state index is 13.9. The van der Waals surface area contributed by atoms with Crippen LogP contribution in [0.15, 0.2) is 72.8 Å². The molecule has 0 saturated carbocycles. The first kappa shape index (κ1) is 29.8. The monoisotopic (exact) mass is 549 g/mol. The third-order valence-corrected chi connectivity index (χ3v) is 5.89. The Kier molecular flexibility index (Phi) is 9.60. The number of rotatable bonds is 9. The van der Waals surface area contributed by atoms with Crippen LogP contribution in [0.1, 0.15) is 37.9 Å². The van der Waals surface area contributed by atoms with Gasteiger partial charge >= 0.3 is 6.09 Å². The normalized spacial score (nSPS) is 12.5. The van der Waals surface area contributed by atoms with E-state index in [1.54, 1.807) is 69.3 Å². The van der Waals surface area contributed by atoms with Crippen molar-refractivity contribution in [3.05, 3.63) is 83.9 Å². The van der Waals surface area contributed by atoms with Gasteiger partial charge in [0.25, 0.3) is 5.91 Å². The number of phenolic OH excluding ortho intramolecular Hbond substituents is 2. The molecule has 0 aliphatic carbocycles. The van der Waals surface area contributed by atoms with Crippen LogP contribution < -0.4 is 15.4 Å². The van der Waals surface area contributed by atoms with Crippen LogP contribution in [0, 0.1) is 0 Å². The van der Waals surface area contributed by atoms with Crippen LogP contribution in [-0.4, -0.2) is 58.8 Å². The molecular formula is C30H35N3O7. The molecule has 3 amide bonds. The number of methoxy groups -OCH3 is 1. The van der Waals surface area contributed by atoms with Crippen molar-refractivity contribution in [1.82, 2.24) is 10.2 Å². The Bertz CT molecular complexity index is 1320. The lowest BCUT2D eigenvalue weighted by molar-refractivity contribution is -0.139. The number of ether oxygens (including phenoxy) is 2. The summed E-state index contributed by atoms with van der Waals surface area (Å²) >= 11 is 0. The molecule has 0 radical (unpaired) electrons. The van der Waals surface area contributed by atoms with Crippen LogP contribution in [0.25, 0.3) is 0 Å². The first-order chi connectivity index (χ1) is 18.9. The number of carbonyl (C=O) groups excluding carboxylic acids is 3. The van der Waals surface area contributed by atoms with Crippen molar-refractivity contribution < 1.29 is 34.1 Å². The molecule has 212 valence electrons. The number of aromatic hydroxyl groups is 2. The topological polar surface area (TPSA) is 137 Å². The van der Waals surface area contributed by atoms with Crippen LogP contribution in [0.5, 0.6) is 17.2 Å². The van der Waals surface area contributed by atoms with E-state index in [-0.39, 0.29) is 17.9 Å². The summed E-state index contributed by atoms with van der Waals surface area (Å²) in [5, 5.41) is 25.2. The number of hydrogen-bond donors (Lipinski definition) is 4. The van der Waals surface area contributed by atoms with Gasteiger partial charge in [0.1, 0.15) is 34.9 Å². The summed E-state index contributed by atoms with van der Waals surface area (Å²) in [6.45, 7) is 5.12. The third kappa shape index (κ3) is 8.39. The predicted molar refractivity (Wildman–Crippen MR) is 150 cm³/mol. The Labute approximate surface area is 233 Å². The summed E-state index contributed by atoms with van der Waals surface area (Å²) in [5.74, 6) is -0.513. The lowest BCUT2D eigenvalue weighted by atomic mass is 10.0. The Hall–Kier alpha value is -4.73. The zero-order chi connectivity index (χ0) is 29.4. The minimum atomic E-state index is -1.16. The number of amides is 3. The average Bonchev–Trinajstić information content (AvgIpc) is 2.88. The summed E-state index contributed by atoms with van der Waals surface area (Å²) in [6.07, 6.45) is -0.732. The third-order valence-electron chi connectivity index (χ3n) is 5.89. The lowest BCUT2D eigenvalue weighted by Gasteiger charge is -2.31. The lowest BCUT2D eigenvalue weighted by Crippen LogP contribution is -2.52. The molecule has 40 heavy (non-hydrogen) atoms. The zero-order valence-corrected chi connectivity index (χ0v) is 23.2. The van der Waals surface area contributed by atoms with Crippen molar-refractivity contribution in [2.75, 3.05) is 19.5 Å². The highest BCUT2D eigenvalue weighted by atomic mass is 16.6. The van der Waals surface area contributed by atoms with Crippen LogP contribution >= 0.6 is 0 Å². The molecule has 0 saturated heterocycles. The maximum atomic E-state index is 13.9. The number of hydrogen-bond acceptors (Lipinski definition) is 7. The van der Waals surface area contributed by atoms with E-state index in [0.717, 1.165) is 0 Å². The van der Waals surface area contributed by atoms with Crippen LogP contribution in [0.4, 0.5) is 10.5 Å². The molecule has 0 aliphatic rings. The summed E-state index contributed by atoms with van der Waals surface area (Å²) in [6, 6.07) is 16.7. The summed E-state index contributed by atoms with van der Waals surface area (Å²) in [4.78, 5) is 41.4. The SMILES string of the molecule is COc1ccc(NC(=O)C(c2cccc(O)c2)N(C)C(=O)C(Cc2ccc(O)cc2)NC(=O)OC(C)(C)C)cc1. The highest BCUT2D eigenvalue weighted by Gasteiger charge is 2.34. The van der Waals surface area contributed by atoms with Gasteiger partial charge in [0, 0.05) is 19.2 Å². The zero-order valence-electron chi connectivity index (χ0n) is 23.2. The molecule has 0 bridgehead atoms. The molecule has 3 rings (SSSR count). The smallest absolute Gasteiger partial charge is 0.408 e. The fourth-order valence-electron chi connectivity index (χ4n) is 4.02. The van der Waals surface area contributed by atoms with Crippen LogP contribution in [-0.2, 0) is 20.7 Å². The van der Waals surface area contributed by atoms with E-state index in [0.29, 0.717) is 22.6 Å². The summed E-state index contributed by atoms with van der Waals surface area (Å²) in [5.41, 5.74) is 0.703. The van der Waals surface area contributed by atoms with Gasteiger partial charge in [-0.25, -0.2) is 4.79 Å². The first-order valence-electron chi connectivity index (χ1n) is 12.6. The van der Waals surface area contributed by atoms with Gasteiger partial charge < -0.3 is 35.2 Å². The van der Waals surface area contributed by atoms with Crippen molar-refractivity contribution in [3.8, 4) is 17.2 Å². The molecule has 3 aromatic rings. The Balaban J connectivity index is 1.94. The van der Waals surface area contributed by atoms with Gasteiger partial charge in [0.15, 0.2) is 0 Å². The van der Waals surface area contributed by atoms with E-state index in [9.17, 15) is 24.6 Å². The second kappa shape index (κ2) is 12.9. The molecule has 0 fully saturated rings. The second-order valence-electron chi connectivity index (χ2n) is 10.2. The molecule has 0 heterocycles. The number of alkyl carbamates (subject to hydrolysis) is 1. The van der Waals surface area contributed by atoms with E-state index in [4.69, 9.17) is 9.47 Å². The van der Waals surface area contributed by atoms with E-state index in [2.05, 4.69) is 10.6 Å². The number of anilines is 1. The number of nitrogens with one attached hydrogen (secondary N) is 2. The molecule has 0 aromatic heterocycles. The molecular weight excluding hydrogens is 514 g/mol. The van der Waals surface area contributed by atoms with Gasteiger partial charge in [-0.05, 0) is 80.4 Å². The summed E-state index contributed by atoms with van der Waals surface area (Å²) in [7, 11) is 2.98. The van der Waals surface area contributed by atoms with E-state index < -0.39 is 35.6 Å². The standard InChI is InChI=1S/C30H35N3O7/c1-30(2,3)40-29(38)32-25(17-19-9-13-22(34)14-10-19)28(37)33(4)26(20-7-6-8-23(35)18-20)27(36)31-21-11-15-24(39-5)16-12-21/h6-16,18,25-26,34-35H,17H2,1-5H3,(H,31,36)(H,32,38). The first-order valence-corrected chi connectivity index (χ1v) is 12.6. The van der Waals surface area contributed by atoms with Crippen molar-refractivity contribution in [2.24, 2.45) is 0 Å². The van der Waals surface area contributed by atoms with Crippen molar-refractivity contribution in [3.63, 3.8) is 0 Å². The quantitative estimate of drug-likeness (QED) is 0.311. The van der Waals surface area contributed by atoms with E-state index in [1.165, 1.54) is 43.3 Å². The Morgan fingerprint density at radius 1 is 0.925 bits per heavy atom. The van der Waals surface area contributed by atoms with Crippen molar-refractivity contribution in [1.29, 1.82) is 0 Å². The number of phenols is 2. The minimum Gasteiger partial charge on any atom is -0.508 e. The van der Waals surface area contributed by atoms with Gasteiger partial charge in [-0.3, -0.25) is 9.59 Å². The molecule has 3 aromatic carbocycles. The molecule has 10 nitrogen and oxygen atoms in total. The maximum Gasteiger partial charge on any atom is 0.408 e. The van der Waals surface area contributed by atoms with Gasteiger partial charge in [0.05, 0.1) is 7.11 Å². The molecule has 0 aliphatic heterocycles. The fraction of sp³-hybridized carbons (Fsp3) is 0.300. The van der Waals surface area contributed by atoms with Gasteiger partial charge in [0.2, 0.25) is 5.91 Å². The number of benzene rings is 3. The molecule has 10 heteroatoms.